The van der Waals surface area contributed by atoms with Crippen molar-refractivity contribution in [1.82, 2.24) is 15.0 Å². The number of hydrogen-bond acceptors (Lipinski definition) is 4. The molecule has 4 rings (SSSR count). The summed E-state index contributed by atoms with van der Waals surface area (Å²) in [4.78, 5) is 27.0. The first-order valence-corrected chi connectivity index (χ1v) is 7.87. The van der Waals surface area contributed by atoms with Crippen molar-refractivity contribution in [2.45, 2.75) is 25.9 Å². The van der Waals surface area contributed by atoms with E-state index in [0.717, 1.165) is 22.4 Å². The lowest BCUT2D eigenvalue weighted by Crippen LogP contribution is -2.40. The Morgan fingerprint density at radius 2 is 1.92 bits per heavy atom. The molecule has 1 atom stereocenters. The Kier molecular flexibility index (Phi) is 3.37. The first-order valence-electron chi connectivity index (χ1n) is 7.87. The Morgan fingerprint density at radius 3 is 2.79 bits per heavy atom. The lowest BCUT2D eigenvalue weighted by Gasteiger charge is -2.22. The largest absolute Gasteiger partial charge is 0.307 e. The van der Waals surface area contributed by atoms with Gasteiger partial charge in [-0.15, -0.1) is 5.10 Å². The maximum atomic E-state index is 12.8. The number of benzene rings is 2. The van der Waals surface area contributed by atoms with E-state index in [2.05, 4.69) is 10.3 Å². The number of carbonyl (C=O) groups excluding carboxylic acids is 1. The lowest BCUT2D eigenvalue weighted by molar-refractivity contribution is -0.119. The molecule has 1 aliphatic heterocycles. The van der Waals surface area contributed by atoms with E-state index >= 15 is 0 Å². The monoisotopic (exact) mass is 320 g/mol. The normalized spacial score (nSPS) is 16.4. The lowest BCUT2D eigenvalue weighted by atomic mass is 10.1. The molecule has 0 unspecified atom stereocenters. The number of rotatable bonds is 2. The maximum absolute atomic E-state index is 12.8. The van der Waals surface area contributed by atoms with Gasteiger partial charge in [-0.1, -0.05) is 35.5 Å². The molecule has 0 bridgehead atoms. The minimum atomic E-state index is -0.297. The van der Waals surface area contributed by atoms with Crippen LogP contribution in [0.1, 0.15) is 12.5 Å². The van der Waals surface area contributed by atoms with Gasteiger partial charge in [0.2, 0.25) is 5.91 Å². The maximum Gasteiger partial charge on any atom is 0.278 e. The van der Waals surface area contributed by atoms with E-state index in [1.54, 1.807) is 29.2 Å². The van der Waals surface area contributed by atoms with Crippen LogP contribution >= 0.6 is 0 Å². The number of fused-ring (bicyclic) bond motifs is 2. The summed E-state index contributed by atoms with van der Waals surface area (Å²) in [5.74, 6) is -0.154. The molecule has 3 aromatic rings. The summed E-state index contributed by atoms with van der Waals surface area (Å²) in [6.07, 6.45) is 0.820. The third-order valence-corrected chi connectivity index (χ3v) is 4.39. The van der Waals surface area contributed by atoms with Crippen LogP contribution in [-0.2, 0) is 17.8 Å². The highest BCUT2D eigenvalue weighted by molar-refractivity contribution is 5.96. The molecule has 1 amide bonds. The molecule has 0 saturated heterocycles. The van der Waals surface area contributed by atoms with Crippen molar-refractivity contribution in [2.24, 2.45) is 0 Å². The van der Waals surface area contributed by atoms with Gasteiger partial charge < -0.3 is 4.90 Å². The number of nitrogens with zero attached hydrogens (tertiary/aromatic N) is 4. The predicted molar refractivity (Wildman–Crippen MR) is 90.9 cm³/mol. The molecule has 1 aliphatic rings. The highest BCUT2D eigenvalue weighted by Gasteiger charge is 2.30. The molecule has 24 heavy (non-hydrogen) atoms. The van der Waals surface area contributed by atoms with Gasteiger partial charge in [-0.3, -0.25) is 9.59 Å². The van der Waals surface area contributed by atoms with Gasteiger partial charge in [0.25, 0.3) is 5.56 Å². The van der Waals surface area contributed by atoms with Crippen LogP contribution < -0.4 is 10.5 Å². The number of anilines is 1. The molecule has 6 heteroatoms. The van der Waals surface area contributed by atoms with Crippen LogP contribution in [0.5, 0.6) is 0 Å². The van der Waals surface area contributed by atoms with E-state index in [9.17, 15) is 9.59 Å². The SMILES string of the molecule is C[C@@H]1Cc2ccccc2N1C(=O)Cn1nnc2ccccc2c1=O. The minimum Gasteiger partial charge on any atom is -0.307 e. The third-order valence-electron chi connectivity index (χ3n) is 4.39. The highest BCUT2D eigenvalue weighted by atomic mass is 16.2. The second-order valence-electron chi connectivity index (χ2n) is 6.01. The molecular weight excluding hydrogens is 304 g/mol. The van der Waals surface area contributed by atoms with Crippen molar-refractivity contribution in [3.8, 4) is 0 Å². The van der Waals surface area contributed by atoms with Crippen molar-refractivity contribution in [3.63, 3.8) is 0 Å². The van der Waals surface area contributed by atoms with Crippen molar-refractivity contribution < 1.29 is 4.79 Å². The fourth-order valence-electron chi connectivity index (χ4n) is 3.28. The molecule has 2 aromatic carbocycles. The van der Waals surface area contributed by atoms with Crippen LogP contribution in [0, 0.1) is 0 Å². The number of para-hydroxylation sites is 1. The molecule has 0 spiro atoms. The average Bonchev–Trinajstić information content (AvgIpc) is 2.93. The van der Waals surface area contributed by atoms with E-state index in [0.29, 0.717) is 10.9 Å². The molecule has 2 heterocycles. The summed E-state index contributed by atoms with van der Waals surface area (Å²) in [5, 5.41) is 8.40. The minimum absolute atomic E-state index is 0.0685. The summed E-state index contributed by atoms with van der Waals surface area (Å²) in [6.45, 7) is 1.89. The second kappa shape index (κ2) is 5.56. The second-order valence-corrected chi connectivity index (χ2v) is 6.01. The van der Waals surface area contributed by atoms with Crippen LogP contribution in [0.15, 0.2) is 53.3 Å². The summed E-state index contributed by atoms with van der Waals surface area (Å²) >= 11 is 0. The van der Waals surface area contributed by atoms with Gasteiger partial charge in [-0.25, -0.2) is 4.68 Å². The zero-order valence-electron chi connectivity index (χ0n) is 13.2. The zero-order chi connectivity index (χ0) is 16.7. The smallest absolute Gasteiger partial charge is 0.278 e. The van der Waals surface area contributed by atoms with E-state index in [-0.39, 0.29) is 24.1 Å². The summed E-state index contributed by atoms with van der Waals surface area (Å²) in [7, 11) is 0. The Bertz CT molecular complexity index is 995. The molecule has 6 nitrogen and oxygen atoms in total. The van der Waals surface area contributed by atoms with Crippen molar-refractivity contribution in [3.05, 3.63) is 64.4 Å². The number of hydrogen-bond donors (Lipinski definition) is 0. The highest BCUT2D eigenvalue weighted by Crippen LogP contribution is 2.31. The molecule has 0 N–H and O–H groups in total. The van der Waals surface area contributed by atoms with E-state index in [1.165, 1.54) is 0 Å². The quantitative estimate of drug-likeness (QED) is 0.722. The standard InChI is InChI=1S/C18H16N4O2/c1-12-10-13-6-2-5-9-16(13)22(12)17(23)11-21-18(24)14-7-3-4-8-15(14)19-20-21/h2-9,12H,10-11H2,1H3/t12-/m1/s1. The van der Waals surface area contributed by atoms with Crippen molar-refractivity contribution in [2.75, 3.05) is 4.90 Å². The Morgan fingerprint density at radius 1 is 1.17 bits per heavy atom. The van der Waals surface area contributed by atoms with Crippen LogP contribution in [-0.4, -0.2) is 26.9 Å². The van der Waals surface area contributed by atoms with Crippen LogP contribution in [0.4, 0.5) is 5.69 Å². The topological polar surface area (TPSA) is 68.1 Å². The molecule has 0 radical (unpaired) electrons. The number of amides is 1. The van der Waals surface area contributed by atoms with Gasteiger partial charge in [0, 0.05) is 11.7 Å². The molecule has 0 fully saturated rings. The Balaban J connectivity index is 1.68. The Labute approximate surface area is 138 Å². The van der Waals surface area contributed by atoms with Gasteiger partial charge in [0.05, 0.1) is 5.39 Å². The van der Waals surface area contributed by atoms with E-state index < -0.39 is 0 Å². The van der Waals surface area contributed by atoms with Crippen molar-refractivity contribution >= 4 is 22.5 Å². The van der Waals surface area contributed by atoms with E-state index in [4.69, 9.17) is 0 Å². The zero-order valence-corrected chi connectivity index (χ0v) is 13.2. The van der Waals surface area contributed by atoms with Gasteiger partial charge >= 0.3 is 0 Å². The predicted octanol–water partition coefficient (Wildman–Crippen LogP) is 1.77. The van der Waals surface area contributed by atoms with Gasteiger partial charge in [-0.2, -0.15) is 0 Å². The molecule has 1 aromatic heterocycles. The Hall–Kier alpha value is -3.02. The number of carbonyl (C=O) groups is 1. The number of aromatic nitrogens is 3. The average molecular weight is 320 g/mol. The first kappa shape index (κ1) is 14.6. The molecule has 120 valence electrons. The summed E-state index contributed by atoms with van der Waals surface area (Å²) in [5.41, 5.74) is 2.30. The first-order chi connectivity index (χ1) is 11.6. The fraction of sp³-hybridized carbons (Fsp3) is 0.222. The molecule has 0 aliphatic carbocycles. The van der Waals surface area contributed by atoms with Crippen LogP contribution in [0.3, 0.4) is 0 Å². The van der Waals surface area contributed by atoms with Crippen LogP contribution in [0.2, 0.25) is 0 Å². The van der Waals surface area contributed by atoms with Gasteiger partial charge in [-0.05, 0) is 37.1 Å². The fourth-order valence-corrected chi connectivity index (χ4v) is 3.28. The van der Waals surface area contributed by atoms with Crippen LogP contribution in [0.25, 0.3) is 10.9 Å². The third kappa shape index (κ3) is 2.27. The molecule has 0 saturated carbocycles. The van der Waals surface area contributed by atoms with Crippen molar-refractivity contribution in [1.29, 1.82) is 0 Å². The van der Waals surface area contributed by atoms with Gasteiger partial charge in [0.1, 0.15) is 12.1 Å². The summed E-state index contributed by atoms with van der Waals surface area (Å²) in [6, 6.07) is 14.9. The molecular formula is C18H16N4O2. The van der Waals surface area contributed by atoms with E-state index in [1.807, 2.05) is 31.2 Å². The summed E-state index contributed by atoms with van der Waals surface area (Å²) < 4.78 is 1.14. The van der Waals surface area contributed by atoms with Gasteiger partial charge in [0.15, 0.2) is 0 Å².